The first kappa shape index (κ1) is 11.4. The Morgan fingerprint density at radius 1 is 1.27 bits per heavy atom. The molecule has 0 spiro atoms. The molecule has 2 rings (SSSR count). The van der Waals surface area contributed by atoms with Crippen molar-refractivity contribution in [2.45, 2.75) is 12.8 Å². The molecule has 0 aliphatic carbocycles. The monoisotopic (exact) mass is 232 g/mol. The van der Waals surface area contributed by atoms with Crippen LogP contribution < -0.4 is 5.32 Å². The highest BCUT2D eigenvalue weighted by molar-refractivity contribution is 7.91. The number of sulfone groups is 1. The zero-order valence-electron chi connectivity index (χ0n) is 9.11. The highest BCUT2D eigenvalue weighted by Crippen LogP contribution is 2.13. The Morgan fingerprint density at radius 3 is 2.60 bits per heavy atom. The fourth-order valence-electron chi connectivity index (χ4n) is 2.38. The van der Waals surface area contributed by atoms with Crippen LogP contribution >= 0.6 is 0 Å². The van der Waals surface area contributed by atoms with Crippen molar-refractivity contribution in [2.75, 3.05) is 44.2 Å². The van der Waals surface area contributed by atoms with E-state index >= 15 is 0 Å². The number of rotatable bonds is 2. The van der Waals surface area contributed by atoms with E-state index in [9.17, 15) is 8.42 Å². The SMILES string of the molecule is O=S1(=O)CCN(CC2CCCNC2)CC1. The van der Waals surface area contributed by atoms with Gasteiger partial charge in [0.15, 0.2) is 9.84 Å². The third-order valence-corrected chi connectivity index (χ3v) is 4.96. The van der Waals surface area contributed by atoms with Crippen molar-refractivity contribution < 1.29 is 8.42 Å². The van der Waals surface area contributed by atoms with Gasteiger partial charge in [-0.2, -0.15) is 0 Å². The van der Waals surface area contributed by atoms with E-state index < -0.39 is 9.84 Å². The Labute approximate surface area is 91.9 Å². The van der Waals surface area contributed by atoms with E-state index in [0.29, 0.717) is 11.5 Å². The van der Waals surface area contributed by atoms with Crippen LogP contribution in [0.5, 0.6) is 0 Å². The molecule has 0 aromatic carbocycles. The standard InChI is InChI=1S/C10H20N2O2S/c13-15(14)6-4-12(5-7-15)9-10-2-1-3-11-8-10/h10-11H,1-9H2. The molecule has 4 nitrogen and oxygen atoms in total. The summed E-state index contributed by atoms with van der Waals surface area (Å²) in [6.45, 7) is 4.79. The molecule has 2 aliphatic heterocycles. The Balaban J connectivity index is 1.76. The van der Waals surface area contributed by atoms with E-state index in [2.05, 4.69) is 10.2 Å². The predicted molar refractivity (Wildman–Crippen MR) is 60.7 cm³/mol. The molecule has 0 radical (unpaired) electrons. The fraction of sp³-hybridized carbons (Fsp3) is 1.00. The Morgan fingerprint density at radius 2 is 2.00 bits per heavy atom. The van der Waals surface area contributed by atoms with Crippen molar-refractivity contribution in [1.82, 2.24) is 10.2 Å². The summed E-state index contributed by atoms with van der Waals surface area (Å²) >= 11 is 0. The van der Waals surface area contributed by atoms with Crippen LogP contribution in [-0.2, 0) is 9.84 Å². The minimum atomic E-state index is -2.71. The maximum absolute atomic E-state index is 11.2. The van der Waals surface area contributed by atoms with Gasteiger partial charge in [-0.3, -0.25) is 0 Å². The smallest absolute Gasteiger partial charge is 0.152 e. The number of piperidine rings is 1. The van der Waals surface area contributed by atoms with Crippen LogP contribution in [-0.4, -0.2) is 57.5 Å². The Hall–Kier alpha value is -0.130. The molecule has 0 saturated carbocycles. The predicted octanol–water partition coefficient (Wildman–Crippen LogP) is -0.284. The summed E-state index contributed by atoms with van der Waals surface area (Å²) in [6.07, 6.45) is 2.55. The lowest BCUT2D eigenvalue weighted by molar-refractivity contribution is 0.221. The van der Waals surface area contributed by atoms with Crippen molar-refractivity contribution in [3.05, 3.63) is 0 Å². The quantitative estimate of drug-likeness (QED) is 0.711. The molecule has 1 N–H and O–H groups in total. The van der Waals surface area contributed by atoms with Gasteiger partial charge >= 0.3 is 0 Å². The van der Waals surface area contributed by atoms with Gasteiger partial charge in [0.1, 0.15) is 0 Å². The lowest BCUT2D eigenvalue weighted by Crippen LogP contribution is -2.45. The van der Waals surface area contributed by atoms with E-state index in [1.165, 1.54) is 12.8 Å². The molecule has 0 aromatic heterocycles. The lowest BCUT2D eigenvalue weighted by Gasteiger charge is -2.32. The molecule has 0 amide bonds. The molecule has 1 unspecified atom stereocenters. The van der Waals surface area contributed by atoms with Gasteiger partial charge in [0, 0.05) is 19.6 Å². The van der Waals surface area contributed by atoms with Gasteiger partial charge in [-0.05, 0) is 31.8 Å². The van der Waals surface area contributed by atoms with E-state index in [4.69, 9.17) is 0 Å². The maximum Gasteiger partial charge on any atom is 0.152 e. The van der Waals surface area contributed by atoms with Gasteiger partial charge in [0.05, 0.1) is 11.5 Å². The second-order valence-corrected chi connectivity index (χ2v) is 6.97. The summed E-state index contributed by atoms with van der Waals surface area (Å²) in [5.74, 6) is 1.43. The molecule has 2 saturated heterocycles. The van der Waals surface area contributed by atoms with Crippen molar-refractivity contribution in [2.24, 2.45) is 5.92 Å². The third kappa shape index (κ3) is 3.43. The van der Waals surface area contributed by atoms with Crippen LogP contribution in [0.3, 0.4) is 0 Å². The van der Waals surface area contributed by atoms with Crippen LogP contribution in [0.15, 0.2) is 0 Å². The zero-order chi connectivity index (χ0) is 10.7. The topological polar surface area (TPSA) is 49.4 Å². The molecule has 2 aliphatic rings. The van der Waals surface area contributed by atoms with Crippen molar-refractivity contribution in [3.8, 4) is 0 Å². The van der Waals surface area contributed by atoms with Gasteiger partial charge in [-0.25, -0.2) is 8.42 Å². The molecule has 1 atom stereocenters. The molecule has 15 heavy (non-hydrogen) atoms. The van der Waals surface area contributed by atoms with Gasteiger partial charge < -0.3 is 10.2 Å². The Kier molecular flexibility index (Phi) is 3.64. The number of nitrogens with zero attached hydrogens (tertiary/aromatic N) is 1. The minimum absolute atomic E-state index is 0.354. The Bertz CT molecular complexity index is 283. The molecule has 0 bridgehead atoms. The van der Waals surface area contributed by atoms with Crippen molar-refractivity contribution >= 4 is 9.84 Å². The van der Waals surface area contributed by atoms with Gasteiger partial charge in [-0.1, -0.05) is 0 Å². The highest BCUT2D eigenvalue weighted by atomic mass is 32.2. The van der Waals surface area contributed by atoms with E-state index in [-0.39, 0.29) is 0 Å². The second-order valence-electron chi connectivity index (χ2n) is 4.66. The normalized spacial score (nSPS) is 32.7. The lowest BCUT2D eigenvalue weighted by atomic mass is 9.99. The van der Waals surface area contributed by atoms with E-state index in [1.54, 1.807) is 0 Å². The molecule has 88 valence electrons. The van der Waals surface area contributed by atoms with E-state index in [0.717, 1.165) is 38.6 Å². The average molecular weight is 232 g/mol. The molecule has 2 fully saturated rings. The van der Waals surface area contributed by atoms with E-state index in [1.807, 2.05) is 0 Å². The minimum Gasteiger partial charge on any atom is -0.316 e. The third-order valence-electron chi connectivity index (χ3n) is 3.35. The highest BCUT2D eigenvalue weighted by Gasteiger charge is 2.24. The summed E-state index contributed by atoms with van der Waals surface area (Å²) in [4.78, 5) is 2.30. The van der Waals surface area contributed by atoms with Crippen molar-refractivity contribution in [3.63, 3.8) is 0 Å². The maximum atomic E-state index is 11.2. The summed E-state index contributed by atoms with van der Waals surface area (Å²) in [6, 6.07) is 0. The van der Waals surface area contributed by atoms with Crippen LogP contribution in [0.1, 0.15) is 12.8 Å². The molecular formula is C10H20N2O2S. The van der Waals surface area contributed by atoms with Crippen LogP contribution in [0, 0.1) is 5.92 Å². The summed E-state index contributed by atoms with van der Waals surface area (Å²) in [5.41, 5.74) is 0. The summed E-state index contributed by atoms with van der Waals surface area (Å²) in [7, 11) is -2.71. The van der Waals surface area contributed by atoms with Gasteiger partial charge in [0.2, 0.25) is 0 Å². The number of nitrogens with one attached hydrogen (secondary N) is 1. The fourth-order valence-corrected chi connectivity index (χ4v) is 3.65. The van der Waals surface area contributed by atoms with Gasteiger partial charge in [-0.15, -0.1) is 0 Å². The molecule has 0 aromatic rings. The van der Waals surface area contributed by atoms with Crippen molar-refractivity contribution in [1.29, 1.82) is 0 Å². The van der Waals surface area contributed by atoms with Crippen LogP contribution in [0.2, 0.25) is 0 Å². The number of hydrogen-bond acceptors (Lipinski definition) is 4. The first-order valence-corrected chi connectivity index (χ1v) is 7.61. The molecular weight excluding hydrogens is 212 g/mol. The summed E-state index contributed by atoms with van der Waals surface area (Å²) < 4.78 is 22.5. The first-order chi connectivity index (χ1) is 7.16. The number of hydrogen-bond donors (Lipinski definition) is 1. The first-order valence-electron chi connectivity index (χ1n) is 5.79. The molecule has 5 heteroatoms. The van der Waals surface area contributed by atoms with Gasteiger partial charge in [0.25, 0.3) is 0 Å². The second kappa shape index (κ2) is 4.80. The largest absolute Gasteiger partial charge is 0.316 e. The van der Waals surface area contributed by atoms with Crippen LogP contribution in [0.25, 0.3) is 0 Å². The van der Waals surface area contributed by atoms with Crippen LogP contribution in [0.4, 0.5) is 0 Å². The molecule has 2 heterocycles. The zero-order valence-corrected chi connectivity index (χ0v) is 9.93. The summed E-state index contributed by atoms with van der Waals surface area (Å²) in [5, 5.41) is 3.40. The average Bonchev–Trinajstić information content (AvgIpc) is 2.23.